The number of aryl methyl sites for hydroxylation is 2. The van der Waals surface area contributed by atoms with Crippen LogP contribution < -0.4 is 5.32 Å². The summed E-state index contributed by atoms with van der Waals surface area (Å²) in [5.41, 5.74) is 3.80. The molecule has 1 unspecified atom stereocenters. The molecule has 5 nitrogen and oxygen atoms in total. The Hall–Kier alpha value is -2.96. The van der Waals surface area contributed by atoms with Crippen LogP contribution in [0.2, 0.25) is 0 Å². The third-order valence-corrected chi connectivity index (χ3v) is 6.90. The highest BCUT2D eigenvalue weighted by atomic mass is 32.2. The first-order valence-corrected chi connectivity index (χ1v) is 11.7. The van der Waals surface area contributed by atoms with Crippen molar-refractivity contribution >= 4 is 15.9 Å². The van der Waals surface area contributed by atoms with Crippen LogP contribution in [-0.2, 0) is 21.4 Å². The molecule has 1 atom stereocenters. The van der Waals surface area contributed by atoms with Crippen molar-refractivity contribution in [1.29, 1.82) is 0 Å². The zero-order valence-electron chi connectivity index (χ0n) is 18.1. The second-order valence-corrected chi connectivity index (χ2v) is 9.71. The van der Waals surface area contributed by atoms with Gasteiger partial charge in [-0.05, 0) is 44.0 Å². The van der Waals surface area contributed by atoms with E-state index in [4.69, 9.17) is 0 Å². The van der Waals surface area contributed by atoms with Crippen LogP contribution in [0, 0.1) is 13.8 Å². The smallest absolute Gasteiger partial charge is 0.243 e. The number of amides is 1. The maximum atomic E-state index is 13.4. The molecule has 1 N–H and O–H groups in total. The van der Waals surface area contributed by atoms with Crippen molar-refractivity contribution in [2.45, 2.75) is 38.3 Å². The minimum absolute atomic E-state index is 0.116. The fourth-order valence-electron chi connectivity index (χ4n) is 3.37. The summed E-state index contributed by atoms with van der Waals surface area (Å²) in [6, 6.07) is 23.7. The van der Waals surface area contributed by atoms with E-state index >= 15 is 0 Å². The molecule has 0 aliphatic carbocycles. The molecule has 0 heterocycles. The average Bonchev–Trinajstić information content (AvgIpc) is 2.74. The summed E-state index contributed by atoms with van der Waals surface area (Å²) in [4.78, 5) is 13.0. The molecule has 0 saturated heterocycles. The lowest BCUT2D eigenvalue weighted by atomic mass is 10.1. The van der Waals surface area contributed by atoms with Gasteiger partial charge in [0.05, 0.1) is 17.5 Å². The van der Waals surface area contributed by atoms with Crippen LogP contribution in [-0.4, -0.2) is 25.2 Å². The quantitative estimate of drug-likeness (QED) is 0.570. The maximum Gasteiger partial charge on any atom is 0.243 e. The molecule has 0 radical (unpaired) electrons. The van der Waals surface area contributed by atoms with Gasteiger partial charge in [-0.3, -0.25) is 4.79 Å². The predicted molar refractivity (Wildman–Crippen MR) is 123 cm³/mol. The van der Waals surface area contributed by atoms with Crippen LogP contribution >= 0.6 is 0 Å². The van der Waals surface area contributed by atoms with Crippen molar-refractivity contribution < 1.29 is 13.2 Å². The van der Waals surface area contributed by atoms with E-state index in [1.165, 1.54) is 4.31 Å². The average molecular weight is 437 g/mol. The van der Waals surface area contributed by atoms with Crippen LogP contribution in [0.4, 0.5) is 0 Å². The van der Waals surface area contributed by atoms with Gasteiger partial charge in [0.15, 0.2) is 0 Å². The summed E-state index contributed by atoms with van der Waals surface area (Å²) < 4.78 is 28.0. The molecule has 0 aliphatic rings. The van der Waals surface area contributed by atoms with Crippen LogP contribution in [0.5, 0.6) is 0 Å². The molecule has 6 heteroatoms. The molecular weight excluding hydrogens is 408 g/mol. The van der Waals surface area contributed by atoms with Crippen molar-refractivity contribution in [1.82, 2.24) is 9.62 Å². The van der Waals surface area contributed by atoms with Crippen LogP contribution in [0.3, 0.4) is 0 Å². The van der Waals surface area contributed by atoms with E-state index in [9.17, 15) is 13.2 Å². The van der Waals surface area contributed by atoms with E-state index in [-0.39, 0.29) is 29.9 Å². The first-order valence-electron chi connectivity index (χ1n) is 10.2. The molecule has 3 aromatic rings. The van der Waals surface area contributed by atoms with Crippen molar-refractivity contribution in [3.63, 3.8) is 0 Å². The summed E-state index contributed by atoms with van der Waals surface area (Å²) in [5, 5.41) is 2.91. The van der Waals surface area contributed by atoms with Crippen molar-refractivity contribution in [2.75, 3.05) is 6.54 Å². The van der Waals surface area contributed by atoms with Crippen molar-refractivity contribution in [2.24, 2.45) is 0 Å². The monoisotopic (exact) mass is 436 g/mol. The molecule has 1 amide bonds. The van der Waals surface area contributed by atoms with E-state index in [1.54, 1.807) is 24.3 Å². The van der Waals surface area contributed by atoms with E-state index in [2.05, 4.69) is 5.32 Å². The molecule has 0 fully saturated rings. The summed E-state index contributed by atoms with van der Waals surface area (Å²) in [6.07, 6.45) is 0. The molecular formula is C25H28N2O3S. The number of sulfonamides is 1. The largest absolute Gasteiger partial charge is 0.348 e. The second kappa shape index (κ2) is 9.90. The van der Waals surface area contributed by atoms with Crippen LogP contribution in [0.1, 0.15) is 35.2 Å². The highest BCUT2D eigenvalue weighted by Gasteiger charge is 2.27. The number of nitrogens with zero attached hydrogens (tertiary/aromatic N) is 1. The van der Waals surface area contributed by atoms with Crippen molar-refractivity contribution in [3.8, 4) is 0 Å². The molecule has 0 aromatic heterocycles. The number of benzene rings is 3. The third-order valence-electron chi connectivity index (χ3n) is 5.10. The highest BCUT2D eigenvalue weighted by Crippen LogP contribution is 2.20. The molecule has 162 valence electrons. The fourth-order valence-corrected chi connectivity index (χ4v) is 4.76. The lowest BCUT2D eigenvalue weighted by Gasteiger charge is -2.23. The van der Waals surface area contributed by atoms with E-state index in [0.717, 1.165) is 22.3 Å². The van der Waals surface area contributed by atoms with Gasteiger partial charge in [0.1, 0.15) is 0 Å². The molecule has 0 saturated carbocycles. The van der Waals surface area contributed by atoms with Crippen LogP contribution in [0.25, 0.3) is 0 Å². The first kappa shape index (κ1) is 22.7. The summed E-state index contributed by atoms with van der Waals surface area (Å²) in [5.74, 6) is -0.348. The first-order chi connectivity index (χ1) is 14.8. The number of carbonyl (C=O) groups excluding carboxylic acids is 1. The Morgan fingerprint density at radius 3 is 2.23 bits per heavy atom. The standard InChI is InChI=1S/C25H28N2O3S/c1-19-12-14-24(15-13-19)31(29,30)27(17-22-9-7-8-20(2)16-22)18-25(28)26-21(3)23-10-5-4-6-11-23/h4-16,21H,17-18H2,1-3H3,(H,26,28). The zero-order valence-corrected chi connectivity index (χ0v) is 18.9. The van der Waals surface area contributed by atoms with E-state index in [1.807, 2.05) is 75.4 Å². The lowest BCUT2D eigenvalue weighted by molar-refractivity contribution is -0.122. The minimum atomic E-state index is -3.85. The van der Waals surface area contributed by atoms with Gasteiger partial charge >= 0.3 is 0 Å². The number of hydrogen-bond acceptors (Lipinski definition) is 3. The second-order valence-electron chi connectivity index (χ2n) is 7.78. The minimum Gasteiger partial charge on any atom is -0.348 e. The lowest BCUT2D eigenvalue weighted by Crippen LogP contribution is -2.41. The molecule has 0 aliphatic heterocycles. The van der Waals surface area contributed by atoms with Gasteiger partial charge in [0.2, 0.25) is 15.9 Å². The Kier molecular flexibility index (Phi) is 7.25. The molecule has 31 heavy (non-hydrogen) atoms. The van der Waals surface area contributed by atoms with Gasteiger partial charge in [-0.2, -0.15) is 4.31 Å². The van der Waals surface area contributed by atoms with E-state index in [0.29, 0.717) is 0 Å². The Bertz CT molecular complexity index is 1130. The molecule has 0 spiro atoms. The summed E-state index contributed by atoms with van der Waals surface area (Å²) >= 11 is 0. The molecule has 0 bridgehead atoms. The topological polar surface area (TPSA) is 66.5 Å². The van der Waals surface area contributed by atoms with Gasteiger partial charge in [-0.1, -0.05) is 77.9 Å². The van der Waals surface area contributed by atoms with Gasteiger partial charge in [-0.25, -0.2) is 8.42 Å². The molecule has 3 rings (SSSR count). The van der Waals surface area contributed by atoms with Gasteiger partial charge in [-0.15, -0.1) is 0 Å². The van der Waals surface area contributed by atoms with Gasteiger partial charge in [0.25, 0.3) is 0 Å². The maximum absolute atomic E-state index is 13.4. The third kappa shape index (κ3) is 6.03. The Labute approximate surface area is 184 Å². The normalized spacial score (nSPS) is 12.5. The number of rotatable bonds is 8. The van der Waals surface area contributed by atoms with E-state index < -0.39 is 10.0 Å². The summed E-state index contributed by atoms with van der Waals surface area (Å²) in [6.45, 7) is 5.59. The van der Waals surface area contributed by atoms with Gasteiger partial charge < -0.3 is 5.32 Å². The van der Waals surface area contributed by atoms with Crippen molar-refractivity contribution in [3.05, 3.63) is 101 Å². The Morgan fingerprint density at radius 2 is 1.58 bits per heavy atom. The number of hydrogen-bond donors (Lipinski definition) is 1. The Balaban J connectivity index is 1.84. The fraction of sp³-hybridized carbons (Fsp3) is 0.240. The number of carbonyl (C=O) groups is 1. The number of nitrogens with one attached hydrogen (secondary N) is 1. The Morgan fingerprint density at radius 1 is 0.903 bits per heavy atom. The summed E-state index contributed by atoms with van der Waals surface area (Å²) in [7, 11) is -3.85. The van der Waals surface area contributed by atoms with Crippen LogP contribution in [0.15, 0.2) is 83.8 Å². The van der Waals surface area contributed by atoms with Gasteiger partial charge in [0, 0.05) is 6.54 Å². The predicted octanol–water partition coefficient (Wildman–Crippen LogP) is 4.37. The molecule has 3 aromatic carbocycles. The highest BCUT2D eigenvalue weighted by molar-refractivity contribution is 7.89. The SMILES string of the molecule is Cc1ccc(S(=O)(=O)N(CC(=O)NC(C)c2ccccc2)Cc2cccc(C)c2)cc1. The zero-order chi connectivity index (χ0) is 22.4.